The topological polar surface area (TPSA) is 113 Å². The lowest BCUT2D eigenvalue weighted by Crippen LogP contribution is -2.40. The first-order valence-electron chi connectivity index (χ1n) is 6.64. The molecule has 8 heteroatoms. The average Bonchev–Trinajstić information content (AvgIpc) is 2.73. The van der Waals surface area contributed by atoms with Gasteiger partial charge in [0.05, 0.1) is 0 Å². The summed E-state index contributed by atoms with van der Waals surface area (Å²) in [7, 11) is 1.86. The van der Waals surface area contributed by atoms with Crippen LogP contribution in [0.2, 0.25) is 0 Å². The van der Waals surface area contributed by atoms with Crippen LogP contribution in [-0.4, -0.2) is 39.1 Å². The number of carbonyl (C=O) groups excluding carboxylic acids is 2. The van der Waals surface area contributed by atoms with Gasteiger partial charge in [-0.1, -0.05) is 6.92 Å². The summed E-state index contributed by atoms with van der Waals surface area (Å²) in [6.07, 6.45) is 3.93. The molecule has 1 aromatic heterocycles. The normalized spacial score (nSPS) is 11.7. The fraction of sp³-hybridized carbons (Fsp3) is 0.538. The summed E-state index contributed by atoms with van der Waals surface area (Å²) < 4.78 is 1.85. The molecule has 0 spiro atoms. The molecule has 116 valence electrons. The number of nitrogens with one attached hydrogen (secondary N) is 2. The Morgan fingerprint density at radius 1 is 1.38 bits per heavy atom. The lowest BCUT2D eigenvalue weighted by atomic mass is 10.0. The van der Waals surface area contributed by atoms with E-state index in [0.29, 0.717) is 13.0 Å². The van der Waals surface area contributed by atoms with E-state index >= 15 is 0 Å². The quantitative estimate of drug-likeness (QED) is 0.669. The van der Waals surface area contributed by atoms with E-state index in [1.54, 1.807) is 13.1 Å². The molecule has 0 aliphatic rings. The summed E-state index contributed by atoms with van der Waals surface area (Å²) >= 11 is 0. The number of carboxylic acid groups (broad SMARTS) is 1. The van der Waals surface area contributed by atoms with Crippen LogP contribution in [0, 0.1) is 5.92 Å². The Hall–Kier alpha value is -2.38. The molecule has 1 aromatic rings. The van der Waals surface area contributed by atoms with Crippen LogP contribution in [-0.2, 0) is 23.1 Å². The van der Waals surface area contributed by atoms with Gasteiger partial charge in [0.15, 0.2) is 0 Å². The predicted molar refractivity (Wildman–Crippen MR) is 74.5 cm³/mol. The van der Waals surface area contributed by atoms with Crippen molar-refractivity contribution in [2.45, 2.75) is 26.2 Å². The van der Waals surface area contributed by atoms with Crippen LogP contribution in [0.5, 0.6) is 0 Å². The second-order valence-corrected chi connectivity index (χ2v) is 4.92. The minimum Gasteiger partial charge on any atom is -0.481 e. The molecular formula is C13H20N4O4. The second kappa shape index (κ2) is 8.03. The summed E-state index contributed by atoms with van der Waals surface area (Å²) in [5.74, 6) is -0.937. The summed E-state index contributed by atoms with van der Waals surface area (Å²) in [5.41, 5.74) is 0. The summed E-state index contributed by atoms with van der Waals surface area (Å²) in [5, 5.41) is 13.3. The van der Waals surface area contributed by atoms with Gasteiger partial charge in [0.1, 0.15) is 5.82 Å². The van der Waals surface area contributed by atoms with Gasteiger partial charge in [-0.05, 0) is 5.92 Å². The van der Waals surface area contributed by atoms with Gasteiger partial charge in [0, 0.05) is 45.2 Å². The number of carboxylic acids is 1. The zero-order valence-corrected chi connectivity index (χ0v) is 12.1. The maximum Gasteiger partial charge on any atom is 0.321 e. The molecular weight excluding hydrogens is 276 g/mol. The van der Waals surface area contributed by atoms with Crippen LogP contribution in [0.3, 0.4) is 0 Å². The molecule has 8 nitrogen and oxygen atoms in total. The van der Waals surface area contributed by atoms with Crippen LogP contribution in [0.15, 0.2) is 12.4 Å². The fourth-order valence-electron chi connectivity index (χ4n) is 1.83. The van der Waals surface area contributed by atoms with Crippen molar-refractivity contribution in [3.8, 4) is 0 Å². The molecule has 1 unspecified atom stereocenters. The van der Waals surface area contributed by atoms with E-state index in [9.17, 15) is 14.4 Å². The van der Waals surface area contributed by atoms with Gasteiger partial charge in [-0.15, -0.1) is 0 Å². The molecule has 1 rings (SSSR count). The maximum atomic E-state index is 11.5. The largest absolute Gasteiger partial charge is 0.481 e. The van der Waals surface area contributed by atoms with E-state index < -0.39 is 17.9 Å². The number of aryl methyl sites for hydroxylation is 1. The number of imidazole rings is 1. The smallest absolute Gasteiger partial charge is 0.321 e. The number of imide groups is 1. The first-order chi connectivity index (χ1) is 9.88. The Morgan fingerprint density at radius 3 is 2.67 bits per heavy atom. The molecule has 0 fully saturated rings. The minimum atomic E-state index is -0.963. The molecule has 0 aliphatic carbocycles. The van der Waals surface area contributed by atoms with Crippen molar-refractivity contribution in [2.75, 3.05) is 6.54 Å². The van der Waals surface area contributed by atoms with Crippen LogP contribution < -0.4 is 10.6 Å². The van der Waals surface area contributed by atoms with Crippen molar-refractivity contribution < 1.29 is 19.5 Å². The molecule has 1 heterocycles. The zero-order valence-electron chi connectivity index (χ0n) is 12.1. The van der Waals surface area contributed by atoms with E-state index in [1.807, 2.05) is 17.8 Å². The molecule has 0 saturated heterocycles. The summed E-state index contributed by atoms with van der Waals surface area (Å²) in [6, 6.07) is -0.586. The number of carbonyl (C=O) groups is 3. The Labute approximate surface area is 122 Å². The molecule has 0 bridgehead atoms. The molecule has 21 heavy (non-hydrogen) atoms. The maximum absolute atomic E-state index is 11.5. The lowest BCUT2D eigenvalue weighted by molar-refractivity contribution is -0.138. The highest BCUT2D eigenvalue weighted by Gasteiger charge is 2.14. The summed E-state index contributed by atoms with van der Waals surface area (Å²) in [6.45, 7) is 2.00. The van der Waals surface area contributed by atoms with E-state index in [1.165, 1.54) is 0 Å². The standard InChI is InChI=1S/C13H20N4O4/c1-9(8-12(19)20)7-11(18)16-13(21)15-4-3-10-14-5-6-17(10)2/h5-6,9H,3-4,7-8H2,1-2H3,(H,19,20)(H2,15,16,18,21). The molecule has 0 aliphatic heterocycles. The number of hydrogen-bond donors (Lipinski definition) is 3. The third-order valence-corrected chi connectivity index (χ3v) is 2.87. The molecule has 0 saturated carbocycles. The number of urea groups is 1. The van der Waals surface area contributed by atoms with Gasteiger partial charge >= 0.3 is 12.0 Å². The van der Waals surface area contributed by atoms with Crippen LogP contribution in [0.1, 0.15) is 25.6 Å². The van der Waals surface area contributed by atoms with Gasteiger partial charge in [-0.3, -0.25) is 14.9 Å². The Kier molecular flexibility index (Phi) is 6.38. The highest BCUT2D eigenvalue weighted by molar-refractivity contribution is 5.94. The van der Waals surface area contributed by atoms with Gasteiger partial charge in [0.25, 0.3) is 0 Å². The van der Waals surface area contributed by atoms with E-state index in [0.717, 1.165) is 5.82 Å². The number of amides is 3. The van der Waals surface area contributed by atoms with Gasteiger partial charge < -0.3 is 15.0 Å². The van der Waals surface area contributed by atoms with Gasteiger partial charge in [0.2, 0.25) is 5.91 Å². The van der Waals surface area contributed by atoms with Crippen molar-refractivity contribution in [3.05, 3.63) is 18.2 Å². The Bertz CT molecular complexity index is 512. The number of aliphatic carboxylic acids is 1. The SMILES string of the molecule is CC(CC(=O)O)CC(=O)NC(=O)NCCc1nccn1C. The van der Waals surface area contributed by atoms with Gasteiger partial charge in [-0.2, -0.15) is 0 Å². The van der Waals surface area contributed by atoms with Gasteiger partial charge in [-0.25, -0.2) is 9.78 Å². The Balaban J connectivity index is 2.22. The van der Waals surface area contributed by atoms with Crippen molar-refractivity contribution >= 4 is 17.9 Å². The molecule has 0 aromatic carbocycles. The first kappa shape index (κ1) is 16.7. The Morgan fingerprint density at radius 2 is 2.10 bits per heavy atom. The fourth-order valence-corrected chi connectivity index (χ4v) is 1.83. The van der Waals surface area contributed by atoms with Crippen molar-refractivity contribution in [1.82, 2.24) is 20.2 Å². The third kappa shape index (κ3) is 6.55. The van der Waals surface area contributed by atoms with Crippen LogP contribution in [0.25, 0.3) is 0 Å². The lowest BCUT2D eigenvalue weighted by Gasteiger charge is -2.09. The average molecular weight is 296 g/mol. The monoisotopic (exact) mass is 296 g/mol. The highest BCUT2D eigenvalue weighted by Crippen LogP contribution is 2.06. The second-order valence-electron chi connectivity index (χ2n) is 4.92. The number of aromatic nitrogens is 2. The zero-order chi connectivity index (χ0) is 15.8. The van der Waals surface area contributed by atoms with E-state index in [4.69, 9.17) is 5.11 Å². The van der Waals surface area contributed by atoms with Crippen LogP contribution >= 0.6 is 0 Å². The molecule has 0 radical (unpaired) electrons. The predicted octanol–water partition coefficient (Wildman–Crippen LogP) is 0.289. The molecule has 3 amide bonds. The summed E-state index contributed by atoms with van der Waals surface area (Å²) in [4.78, 5) is 37.6. The minimum absolute atomic E-state index is 0.000907. The third-order valence-electron chi connectivity index (χ3n) is 2.87. The van der Waals surface area contributed by atoms with Crippen molar-refractivity contribution in [3.63, 3.8) is 0 Å². The highest BCUT2D eigenvalue weighted by atomic mass is 16.4. The first-order valence-corrected chi connectivity index (χ1v) is 6.64. The van der Waals surface area contributed by atoms with Crippen LogP contribution in [0.4, 0.5) is 4.79 Å². The number of rotatable bonds is 7. The number of hydrogen-bond acceptors (Lipinski definition) is 4. The molecule has 3 N–H and O–H groups in total. The van der Waals surface area contributed by atoms with Crippen molar-refractivity contribution in [1.29, 1.82) is 0 Å². The van der Waals surface area contributed by atoms with E-state index in [-0.39, 0.29) is 18.8 Å². The molecule has 1 atom stereocenters. The van der Waals surface area contributed by atoms with E-state index in [2.05, 4.69) is 15.6 Å². The van der Waals surface area contributed by atoms with Crippen molar-refractivity contribution in [2.24, 2.45) is 13.0 Å². The number of nitrogens with zero attached hydrogens (tertiary/aromatic N) is 2.